The van der Waals surface area contributed by atoms with E-state index in [-0.39, 0.29) is 16.1 Å². The van der Waals surface area contributed by atoms with Gasteiger partial charge in [0.05, 0.1) is 4.90 Å². The van der Waals surface area contributed by atoms with Crippen molar-refractivity contribution >= 4 is 33.2 Å². The van der Waals surface area contributed by atoms with Crippen molar-refractivity contribution in [3.63, 3.8) is 0 Å². The highest BCUT2D eigenvalue weighted by atomic mass is 32.2. The maximum Gasteiger partial charge on any atom is 0.261 e. The second-order valence-corrected chi connectivity index (χ2v) is 8.62. The number of nitrogens with one attached hydrogen (secondary N) is 2. The number of anilines is 2. The lowest BCUT2D eigenvalue weighted by atomic mass is 10.1. The number of hydrogen-bond donors (Lipinski definition) is 3. The first kappa shape index (κ1) is 22.0. The van der Waals surface area contributed by atoms with E-state index in [9.17, 15) is 22.4 Å². The Morgan fingerprint density at radius 2 is 1.48 bits per heavy atom. The molecule has 160 valence electrons. The molecule has 4 N–H and O–H groups in total. The molecule has 7 nitrogen and oxygen atoms in total. The zero-order chi connectivity index (χ0) is 22.8. The van der Waals surface area contributed by atoms with Gasteiger partial charge in [0.1, 0.15) is 5.82 Å². The van der Waals surface area contributed by atoms with Gasteiger partial charge in [0.2, 0.25) is 5.91 Å². The lowest BCUT2D eigenvalue weighted by Gasteiger charge is -2.12. The number of sulfonamides is 1. The van der Waals surface area contributed by atoms with E-state index in [0.717, 1.165) is 12.1 Å². The Morgan fingerprint density at radius 3 is 2.10 bits per heavy atom. The molecule has 3 rings (SSSR count). The molecular weight excluding hydrogens is 421 g/mol. The van der Waals surface area contributed by atoms with Gasteiger partial charge in [-0.15, -0.1) is 0 Å². The summed E-state index contributed by atoms with van der Waals surface area (Å²) in [6.45, 7) is 3.37. The van der Waals surface area contributed by atoms with Crippen molar-refractivity contribution in [2.75, 3.05) is 10.0 Å². The number of aryl methyl sites for hydroxylation is 2. The molecule has 9 heteroatoms. The molecule has 0 spiro atoms. The fourth-order valence-corrected chi connectivity index (χ4v) is 4.05. The smallest absolute Gasteiger partial charge is 0.261 e. The summed E-state index contributed by atoms with van der Waals surface area (Å²) in [6.07, 6.45) is 0. The number of rotatable bonds is 6. The summed E-state index contributed by atoms with van der Waals surface area (Å²) >= 11 is 0. The standard InChI is InChI=1S/C22H20FN3O4S/c1-13-3-9-18(31(29,30)26-16-6-4-15(23)5-7-16)12-20(13)22(28)25-17-8-10-19(21(24)27)14(2)11-17/h3-12,26H,1-2H3,(H2,24,27)(H,25,28). The molecule has 0 bridgehead atoms. The number of nitrogens with two attached hydrogens (primary N) is 1. The molecule has 0 aliphatic heterocycles. The molecule has 0 aromatic heterocycles. The lowest BCUT2D eigenvalue weighted by molar-refractivity contribution is 0.0997. The average molecular weight is 441 g/mol. The predicted octanol–water partition coefficient (Wildman–Crippen LogP) is 3.59. The fourth-order valence-electron chi connectivity index (χ4n) is 2.96. The largest absolute Gasteiger partial charge is 0.366 e. The van der Waals surface area contributed by atoms with E-state index in [2.05, 4.69) is 10.0 Å². The van der Waals surface area contributed by atoms with Gasteiger partial charge < -0.3 is 11.1 Å². The van der Waals surface area contributed by atoms with Gasteiger partial charge in [0, 0.05) is 22.5 Å². The van der Waals surface area contributed by atoms with Crippen LogP contribution in [-0.2, 0) is 10.0 Å². The lowest BCUT2D eigenvalue weighted by Crippen LogP contribution is -2.17. The highest BCUT2D eigenvalue weighted by molar-refractivity contribution is 7.92. The second kappa shape index (κ2) is 8.57. The molecule has 0 atom stereocenters. The maximum absolute atomic E-state index is 13.0. The van der Waals surface area contributed by atoms with Gasteiger partial charge in [0.25, 0.3) is 15.9 Å². The van der Waals surface area contributed by atoms with E-state index in [1.165, 1.54) is 42.5 Å². The summed E-state index contributed by atoms with van der Waals surface area (Å²) in [5.41, 5.74) is 7.60. The van der Waals surface area contributed by atoms with E-state index < -0.39 is 27.7 Å². The zero-order valence-corrected chi connectivity index (χ0v) is 17.6. The van der Waals surface area contributed by atoms with Crippen molar-refractivity contribution < 1.29 is 22.4 Å². The summed E-state index contributed by atoms with van der Waals surface area (Å²) in [4.78, 5) is 24.0. The van der Waals surface area contributed by atoms with E-state index in [1.807, 2.05) is 0 Å². The van der Waals surface area contributed by atoms with Crippen LogP contribution in [0.1, 0.15) is 31.8 Å². The first-order valence-corrected chi connectivity index (χ1v) is 10.7. The second-order valence-electron chi connectivity index (χ2n) is 6.94. The van der Waals surface area contributed by atoms with E-state index in [0.29, 0.717) is 22.4 Å². The normalized spacial score (nSPS) is 11.1. The number of amides is 2. The minimum Gasteiger partial charge on any atom is -0.366 e. The first-order valence-electron chi connectivity index (χ1n) is 9.17. The van der Waals surface area contributed by atoms with Gasteiger partial charge in [-0.3, -0.25) is 14.3 Å². The summed E-state index contributed by atoms with van der Waals surface area (Å²) < 4.78 is 40.8. The third kappa shape index (κ3) is 5.07. The van der Waals surface area contributed by atoms with Gasteiger partial charge >= 0.3 is 0 Å². The van der Waals surface area contributed by atoms with E-state index >= 15 is 0 Å². The molecule has 0 fully saturated rings. The van der Waals surface area contributed by atoms with E-state index in [4.69, 9.17) is 5.73 Å². The summed E-state index contributed by atoms with van der Waals surface area (Å²) in [5, 5.41) is 2.69. The van der Waals surface area contributed by atoms with E-state index in [1.54, 1.807) is 19.9 Å². The molecule has 0 aliphatic carbocycles. The van der Waals surface area contributed by atoms with Crippen LogP contribution >= 0.6 is 0 Å². The third-order valence-corrected chi connectivity index (χ3v) is 5.99. The number of carbonyl (C=O) groups excluding carboxylic acids is 2. The van der Waals surface area contributed by atoms with Crippen molar-refractivity contribution in [3.05, 3.63) is 88.7 Å². The molecule has 0 heterocycles. The van der Waals surface area contributed by atoms with Gasteiger partial charge in [-0.1, -0.05) is 6.07 Å². The van der Waals surface area contributed by atoms with Crippen LogP contribution in [0.15, 0.2) is 65.6 Å². The molecule has 2 amide bonds. The first-order chi connectivity index (χ1) is 14.6. The number of benzene rings is 3. The summed E-state index contributed by atoms with van der Waals surface area (Å²) in [6, 6.07) is 13.7. The van der Waals surface area contributed by atoms with Crippen LogP contribution in [0.2, 0.25) is 0 Å². The fraction of sp³-hybridized carbons (Fsp3) is 0.0909. The quantitative estimate of drug-likeness (QED) is 0.542. The average Bonchev–Trinajstić information content (AvgIpc) is 2.69. The highest BCUT2D eigenvalue weighted by Crippen LogP contribution is 2.21. The third-order valence-electron chi connectivity index (χ3n) is 4.61. The van der Waals surface area contributed by atoms with Crippen molar-refractivity contribution in [1.82, 2.24) is 0 Å². The Labute approximate surface area is 179 Å². The number of halogens is 1. The van der Waals surface area contributed by atoms with Crippen molar-refractivity contribution in [2.24, 2.45) is 5.73 Å². The summed E-state index contributed by atoms with van der Waals surface area (Å²) in [5.74, 6) is -1.57. The number of carbonyl (C=O) groups is 2. The molecule has 0 saturated heterocycles. The van der Waals surface area contributed by atoms with Gasteiger partial charge in [-0.2, -0.15) is 0 Å². The topological polar surface area (TPSA) is 118 Å². The minimum atomic E-state index is -4.00. The Bertz CT molecular complexity index is 1270. The SMILES string of the molecule is Cc1cc(NC(=O)c2cc(S(=O)(=O)Nc3ccc(F)cc3)ccc2C)ccc1C(N)=O. The highest BCUT2D eigenvalue weighted by Gasteiger charge is 2.19. The van der Waals surface area contributed by atoms with Gasteiger partial charge in [-0.05, 0) is 79.6 Å². The van der Waals surface area contributed by atoms with Crippen molar-refractivity contribution in [2.45, 2.75) is 18.7 Å². The van der Waals surface area contributed by atoms with Crippen molar-refractivity contribution in [1.29, 1.82) is 0 Å². The van der Waals surface area contributed by atoms with Crippen LogP contribution in [0.3, 0.4) is 0 Å². The number of hydrogen-bond acceptors (Lipinski definition) is 4. The van der Waals surface area contributed by atoms with Crippen LogP contribution in [0.5, 0.6) is 0 Å². The van der Waals surface area contributed by atoms with Gasteiger partial charge in [-0.25, -0.2) is 12.8 Å². The Kier molecular flexibility index (Phi) is 6.07. The van der Waals surface area contributed by atoms with Crippen LogP contribution in [0.4, 0.5) is 15.8 Å². The Balaban J connectivity index is 1.86. The molecule has 0 aliphatic rings. The van der Waals surface area contributed by atoms with Crippen molar-refractivity contribution in [3.8, 4) is 0 Å². The van der Waals surface area contributed by atoms with Crippen LogP contribution in [0, 0.1) is 19.7 Å². The van der Waals surface area contributed by atoms with Gasteiger partial charge in [0.15, 0.2) is 0 Å². The maximum atomic E-state index is 13.0. The molecule has 3 aromatic carbocycles. The Morgan fingerprint density at radius 1 is 0.839 bits per heavy atom. The monoisotopic (exact) mass is 441 g/mol. The van der Waals surface area contributed by atoms with Crippen LogP contribution < -0.4 is 15.8 Å². The molecule has 3 aromatic rings. The van der Waals surface area contributed by atoms with Crippen LogP contribution in [0.25, 0.3) is 0 Å². The molecule has 0 unspecified atom stereocenters. The molecular formula is C22H20FN3O4S. The predicted molar refractivity (Wildman–Crippen MR) is 116 cm³/mol. The zero-order valence-electron chi connectivity index (χ0n) is 16.8. The Hall–Kier alpha value is -3.72. The number of primary amides is 1. The molecule has 0 saturated carbocycles. The minimum absolute atomic E-state index is 0.118. The summed E-state index contributed by atoms with van der Waals surface area (Å²) in [7, 11) is -4.00. The molecule has 31 heavy (non-hydrogen) atoms. The van der Waals surface area contributed by atoms with Crippen LogP contribution in [-0.4, -0.2) is 20.2 Å². The molecule has 0 radical (unpaired) electrons.